The largest absolute Gasteiger partial charge is 0.329 e. The van der Waals surface area contributed by atoms with Crippen LogP contribution >= 0.6 is 11.3 Å². The smallest absolute Gasteiger partial charge is 0.254 e. The Morgan fingerprint density at radius 2 is 1.84 bits per heavy atom. The van der Waals surface area contributed by atoms with Gasteiger partial charge in [0.2, 0.25) is 5.91 Å². The van der Waals surface area contributed by atoms with Gasteiger partial charge < -0.3 is 10.2 Å². The normalized spacial score (nSPS) is 17.9. The van der Waals surface area contributed by atoms with Crippen LogP contribution < -0.4 is 5.32 Å². The van der Waals surface area contributed by atoms with Crippen molar-refractivity contribution in [1.29, 1.82) is 0 Å². The number of nitrogens with zero attached hydrogens (tertiary/aromatic N) is 1. The zero-order valence-corrected chi connectivity index (χ0v) is 19.2. The van der Waals surface area contributed by atoms with Crippen molar-refractivity contribution in [3.8, 4) is 0 Å². The molecule has 0 aliphatic carbocycles. The lowest BCUT2D eigenvalue weighted by Crippen LogP contribution is -2.47. The Morgan fingerprint density at radius 1 is 1.06 bits per heavy atom. The topological polar surface area (TPSA) is 66.5 Å². The fourth-order valence-electron chi connectivity index (χ4n) is 4.28. The third kappa shape index (κ3) is 4.23. The number of benzene rings is 2. The average Bonchev–Trinajstić information content (AvgIpc) is 3.29. The van der Waals surface area contributed by atoms with Gasteiger partial charge in [0.25, 0.3) is 5.91 Å². The second-order valence-electron chi connectivity index (χ2n) is 8.50. The maximum absolute atomic E-state index is 13.7. The summed E-state index contributed by atoms with van der Waals surface area (Å²) in [6.45, 7) is 6.20. The maximum atomic E-state index is 13.7. The van der Waals surface area contributed by atoms with E-state index in [1.807, 2.05) is 40.6 Å². The zero-order valence-electron chi connectivity index (χ0n) is 18.4. The molecule has 4 rings (SSSR count). The molecule has 0 fully saturated rings. The zero-order chi connectivity index (χ0) is 22.8. The van der Waals surface area contributed by atoms with Crippen molar-refractivity contribution in [3.05, 3.63) is 87.6 Å². The highest BCUT2D eigenvalue weighted by molar-refractivity contribution is 7.10. The molecular formula is C26H26N2O3S. The van der Waals surface area contributed by atoms with Crippen molar-refractivity contribution in [1.82, 2.24) is 4.90 Å². The lowest BCUT2D eigenvalue weighted by molar-refractivity contribution is -0.119. The van der Waals surface area contributed by atoms with E-state index in [-0.39, 0.29) is 23.5 Å². The van der Waals surface area contributed by atoms with Crippen molar-refractivity contribution in [3.63, 3.8) is 0 Å². The van der Waals surface area contributed by atoms with Crippen LogP contribution in [0.25, 0.3) is 0 Å². The van der Waals surface area contributed by atoms with E-state index in [4.69, 9.17) is 0 Å². The monoisotopic (exact) mass is 446 g/mol. The minimum atomic E-state index is -0.567. The number of hydrogen-bond donors (Lipinski definition) is 1. The predicted molar refractivity (Wildman–Crippen MR) is 127 cm³/mol. The fraction of sp³-hybridized carbons (Fsp3) is 0.269. The van der Waals surface area contributed by atoms with Crippen molar-refractivity contribution in [2.75, 3.05) is 11.9 Å². The molecular weight excluding hydrogens is 420 g/mol. The van der Waals surface area contributed by atoms with Crippen LogP contribution in [0.1, 0.15) is 63.9 Å². The average molecular weight is 447 g/mol. The highest BCUT2D eigenvalue weighted by Crippen LogP contribution is 2.45. The van der Waals surface area contributed by atoms with E-state index in [9.17, 15) is 14.4 Å². The van der Waals surface area contributed by atoms with Gasteiger partial charge >= 0.3 is 0 Å². The van der Waals surface area contributed by atoms with E-state index in [1.54, 1.807) is 41.7 Å². The molecule has 32 heavy (non-hydrogen) atoms. The van der Waals surface area contributed by atoms with Gasteiger partial charge in [-0.1, -0.05) is 50.2 Å². The summed E-state index contributed by atoms with van der Waals surface area (Å²) in [4.78, 5) is 41.8. The van der Waals surface area contributed by atoms with Crippen LogP contribution in [0.3, 0.4) is 0 Å². The molecule has 0 saturated heterocycles. The number of ketones is 1. The van der Waals surface area contributed by atoms with Gasteiger partial charge in [0.05, 0.1) is 12.0 Å². The van der Waals surface area contributed by atoms with Gasteiger partial charge in [0.15, 0.2) is 5.78 Å². The number of nitrogens with one attached hydrogen (secondary N) is 1. The minimum absolute atomic E-state index is 0.0460. The first-order valence-corrected chi connectivity index (χ1v) is 11.6. The predicted octanol–water partition coefficient (Wildman–Crippen LogP) is 5.53. The standard InChI is InChI=1S/C26H26N2O3S/c1-16(2)15-28-24(22-12-7-13-32-22)23(20-10-4-5-11-21(20)26(28)31)25(30)27-19-9-6-8-18(14-19)17(3)29/h4-14,16,23-24H,15H2,1-3H3,(H,27,30). The molecule has 1 aliphatic heterocycles. The van der Waals surface area contributed by atoms with E-state index in [1.165, 1.54) is 6.92 Å². The van der Waals surface area contributed by atoms with Gasteiger partial charge in [-0.3, -0.25) is 14.4 Å². The Balaban J connectivity index is 1.80. The number of carbonyl (C=O) groups is 3. The molecule has 0 spiro atoms. The highest BCUT2D eigenvalue weighted by atomic mass is 32.1. The van der Waals surface area contributed by atoms with Gasteiger partial charge in [0.1, 0.15) is 0 Å². The number of anilines is 1. The number of fused-ring (bicyclic) bond motifs is 1. The third-order valence-electron chi connectivity index (χ3n) is 5.65. The van der Waals surface area contributed by atoms with Crippen LogP contribution in [0, 0.1) is 5.92 Å². The molecule has 2 amide bonds. The molecule has 1 aromatic heterocycles. The molecule has 2 heterocycles. The highest BCUT2D eigenvalue weighted by Gasteiger charge is 2.44. The van der Waals surface area contributed by atoms with Gasteiger partial charge in [-0.05, 0) is 48.1 Å². The first kappa shape index (κ1) is 22.0. The van der Waals surface area contributed by atoms with Crippen LogP contribution in [0.4, 0.5) is 5.69 Å². The summed E-state index contributed by atoms with van der Waals surface area (Å²) >= 11 is 1.55. The summed E-state index contributed by atoms with van der Waals surface area (Å²) in [6.07, 6.45) is 0. The molecule has 2 unspecified atom stereocenters. The Morgan fingerprint density at radius 3 is 2.53 bits per heavy atom. The Labute approximate surface area is 192 Å². The Hall–Kier alpha value is -3.25. The van der Waals surface area contributed by atoms with Crippen LogP contribution in [0.5, 0.6) is 0 Å². The number of amides is 2. The van der Waals surface area contributed by atoms with Gasteiger partial charge in [-0.15, -0.1) is 11.3 Å². The fourth-order valence-corrected chi connectivity index (χ4v) is 5.16. The lowest BCUT2D eigenvalue weighted by atomic mass is 9.81. The van der Waals surface area contributed by atoms with Crippen LogP contribution in [-0.4, -0.2) is 29.0 Å². The molecule has 0 radical (unpaired) electrons. The molecule has 2 aromatic carbocycles. The lowest BCUT2D eigenvalue weighted by Gasteiger charge is -2.42. The summed E-state index contributed by atoms with van der Waals surface area (Å²) in [5.41, 5.74) is 2.41. The van der Waals surface area contributed by atoms with Crippen molar-refractivity contribution >= 4 is 34.6 Å². The molecule has 1 aliphatic rings. The van der Waals surface area contributed by atoms with Crippen molar-refractivity contribution < 1.29 is 14.4 Å². The quantitative estimate of drug-likeness (QED) is 0.507. The molecule has 1 N–H and O–H groups in total. The molecule has 6 heteroatoms. The summed E-state index contributed by atoms with van der Waals surface area (Å²) in [5, 5.41) is 4.98. The SMILES string of the molecule is CC(=O)c1cccc(NC(=O)C2c3ccccc3C(=O)N(CC(C)C)C2c2cccs2)c1. The van der Waals surface area contributed by atoms with E-state index in [0.717, 1.165) is 10.4 Å². The van der Waals surface area contributed by atoms with E-state index >= 15 is 0 Å². The van der Waals surface area contributed by atoms with Crippen LogP contribution in [-0.2, 0) is 4.79 Å². The minimum Gasteiger partial charge on any atom is -0.329 e. The molecule has 0 saturated carbocycles. The summed E-state index contributed by atoms with van der Waals surface area (Å²) in [7, 11) is 0. The Kier molecular flexibility index (Phi) is 6.24. The van der Waals surface area contributed by atoms with Gasteiger partial charge in [0, 0.05) is 28.2 Å². The van der Waals surface area contributed by atoms with Crippen molar-refractivity contribution in [2.45, 2.75) is 32.7 Å². The van der Waals surface area contributed by atoms with Crippen LogP contribution in [0.15, 0.2) is 66.0 Å². The molecule has 0 bridgehead atoms. The molecule has 3 aromatic rings. The molecule has 164 valence electrons. The van der Waals surface area contributed by atoms with Crippen molar-refractivity contribution in [2.24, 2.45) is 5.92 Å². The molecule has 5 nitrogen and oxygen atoms in total. The maximum Gasteiger partial charge on any atom is 0.254 e. The molecule has 2 atom stereocenters. The first-order valence-electron chi connectivity index (χ1n) is 10.7. The van der Waals surface area contributed by atoms with E-state index in [0.29, 0.717) is 23.4 Å². The van der Waals surface area contributed by atoms with E-state index < -0.39 is 12.0 Å². The summed E-state index contributed by atoms with van der Waals surface area (Å²) in [6, 6.07) is 17.9. The Bertz CT molecular complexity index is 1150. The van der Waals surface area contributed by atoms with Gasteiger partial charge in [-0.2, -0.15) is 0 Å². The van der Waals surface area contributed by atoms with Gasteiger partial charge in [-0.25, -0.2) is 0 Å². The first-order chi connectivity index (χ1) is 15.4. The number of rotatable bonds is 6. The second kappa shape index (κ2) is 9.09. The van der Waals surface area contributed by atoms with Crippen LogP contribution in [0.2, 0.25) is 0 Å². The number of thiophene rings is 1. The summed E-state index contributed by atoms with van der Waals surface area (Å²) < 4.78 is 0. The third-order valence-corrected chi connectivity index (χ3v) is 6.60. The number of hydrogen-bond acceptors (Lipinski definition) is 4. The summed E-state index contributed by atoms with van der Waals surface area (Å²) in [5.74, 6) is -0.618. The number of carbonyl (C=O) groups excluding carboxylic acids is 3. The van der Waals surface area contributed by atoms with E-state index in [2.05, 4.69) is 19.2 Å². The number of Topliss-reactive ketones (excluding diaryl/α,β-unsaturated/α-hetero) is 1. The second-order valence-corrected chi connectivity index (χ2v) is 9.48.